The van der Waals surface area contributed by atoms with Gasteiger partial charge < -0.3 is 29.9 Å². The molecule has 0 amide bonds. The molecule has 1 aromatic heterocycles. The molecule has 3 rings (SSSR count). The normalized spacial score (nSPS) is 10.4. The molecule has 0 saturated heterocycles. The van der Waals surface area contributed by atoms with Crippen LogP contribution in [0.25, 0.3) is 22.3 Å². The Morgan fingerprint density at radius 3 is 2.17 bits per heavy atom. The number of aromatic hydroxyl groups is 5. The van der Waals surface area contributed by atoms with E-state index >= 15 is 0 Å². The van der Waals surface area contributed by atoms with Crippen LogP contribution in [-0.2, 0) is 0 Å². The van der Waals surface area contributed by atoms with Gasteiger partial charge in [0, 0.05) is 17.7 Å². The van der Waals surface area contributed by atoms with Crippen molar-refractivity contribution in [1.29, 1.82) is 0 Å². The van der Waals surface area contributed by atoms with Crippen molar-refractivity contribution in [3.05, 3.63) is 40.6 Å². The maximum absolute atomic E-state index is 12.1. The van der Waals surface area contributed by atoms with E-state index in [1.807, 2.05) is 0 Å². The third-order valence-corrected chi connectivity index (χ3v) is 3.17. The number of phenols is 4. The number of fused-ring (bicyclic) bond motifs is 1. The fourth-order valence-corrected chi connectivity index (χ4v) is 2.14. The molecule has 1 heterocycles. The number of phenolic OH excluding ortho intramolecular Hbond substituents is 4. The molecular formula is C15H11KO7. The summed E-state index contributed by atoms with van der Waals surface area (Å²) in [7, 11) is 0. The summed E-state index contributed by atoms with van der Waals surface area (Å²) < 4.78 is 5.35. The summed E-state index contributed by atoms with van der Waals surface area (Å²) in [5.41, 5.74) is -0.890. The van der Waals surface area contributed by atoms with Crippen molar-refractivity contribution in [1.82, 2.24) is 0 Å². The minimum atomic E-state index is -0.888. The van der Waals surface area contributed by atoms with Crippen LogP contribution >= 0.6 is 0 Å². The second-order valence-electron chi connectivity index (χ2n) is 4.65. The molecule has 0 aliphatic heterocycles. The average Bonchev–Trinajstić information content (AvgIpc) is 2.45. The number of rotatable bonds is 1. The molecule has 0 saturated carbocycles. The van der Waals surface area contributed by atoms with E-state index < -0.39 is 22.7 Å². The Bertz CT molecular complexity index is 962. The molecule has 0 aliphatic rings. The molecule has 0 aliphatic carbocycles. The van der Waals surface area contributed by atoms with Crippen LogP contribution in [0.1, 0.15) is 0 Å². The van der Waals surface area contributed by atoms with Gasteiger partial charge in [-0.3, -0.25) is 4.79 Å². The van der Waals surface area contributed by atoms with Crippen LogP contribution in [0.2, 0.25) is 0 Å². The molecule has 0 fully saturated rings. The quantitative estimate of drug-likeness (QED) is 0.333. The van der Waals surface area contributed by atoms with Crippen molar-refractivity contribution in [2.75, 3.05) is 0 Å². The summed E-state index contributed by atoms with van der Waals surface area (Å²) in [4.78, 5) is 12.1. The van der Waals surface area contributed by atoms with Crippen molar-refractivity contribution in [3.63, 3.8) is 0 Å². The molecule has 7 nitrogen and oxygen atoms in total. The van der Waals surface area contributed by atoms with Gasteiger partial charge in [0.2, 0.25) is 11.2 Å². The van der Waals surface area contributed by atoms with Gasteiger partial charge in [-0.15, -0.1) is 0 Å². The standard InChI is InChI=1S/C15H10O7.K.H/c16-7-4-10(19)12-11(5-7)22-15(14(21)13(12)20)6-1-2-8(17)9(18)3-6;;/h1-5,16-19,21H;;. The molecule has 3 aromatic rings. The summed E-state index contributed by atoms with van der Waals surface area (Å²) >= 11 is 0. The Morgan fingerprint density at radius 1 is 0.826 bits per heavy atom. The summed E-state index contributed by atoms with van der Waals surface area (Å²) in [6.07, 6.45) is 0. The van der Waals surface area contributed by atoms with Gasteiger partial charge in [0.05, 0.1) is 0 Å². The summed E-state index contributed by atoms with van der Waals surface area (Å²) in [5, 5.41) is 47.6. The Labute approximate surface area is 171 Å². The fourth-order valence-electron chi connectivity index (χ4n) is 2.14. The topological polar surface area (TPSA) is 131 Å². The number of hydrogen-bond acceptors (Lipinski definition) is 7. The predicted octanol–water partition coefficient (Wildman–Crippen LogP) is 1.34. The van der Waals surface area contributed by atoms with Gasteiger partial charge >= 0.3 is 51.4 Å². The van der Waals surface area contributed by atoms with Gasteiger partial charge in [-0.25, -0.2) is 0 Å². The molecule has 114 valence electrons. The SMILES string of the molecule is O=c1c(O)c(-c2ccc(O)c(O)c2)oc2cc(O)cc(O)c12.[KH]. The van der Waals surface area contributed by atoms with Crippen LogP contribution in [-0.4, -0.2) is 76.9 Å². The van der Waals surface area contributed by atoms with Gasteiger partial charge in [0.1, 0.15) is 22.5 Å². The molecular weight excluding hydrogens is 331 g/mol. The molecule has 8 heteroatoms. The second kappa shape index (κ2) is 6.42. The Balaban J connectivity index is 0.00000192. The number of benzene rings is 2. The maximum atomic E-state index is 12.1. The van der Waals surface area contributed by atoms with E-state index in [2.05, 4.69) is 0 Å². The van der Waals surface area contributed by atoms with Gasteiger partial charge in [0.25, 0.3) is 0 Å². The van der Waals surface area contributed by atoms with Crippen molar-refractivity contribution < 1.29 is 29.9 Å². The Hall–Kier alpha value is -1.71. The van der Waals surface area contributed by atoms with Gasteiger partial charge in [0.15, 0.2) is 17.3 Å². The third-order valence-electron chi connectivity index (χ3n) is 3.17. The van der Waals surface area contributed by atoms with Gasteiger partial charge in [-0.05, 0) is 18.2 Å². The van der Waals surface area contributed by atoms with E-state index in [0.29, 0.717) is 0 Å². The van der Waals surface area contributed by atoms with E-state index in [4.69, 9.17) is 4.42 Å². The van der Waals surface area contributed by atoms with Gasteiger partial charge in [-0.2, -0.15) is 0 Å². The monoisotopic (exact) mass is 342 g/mol. The van der Waals surface area contributed by atoms with E-state index in [9.17, 15) is 30.3 Å². The predicted molar refractivity (Wildman–Crippen MR) is 83.4 cm³/mol. The van der Waals surface area contributed by atoms with Crippen molar-refractivity contribution in [2.24, 2.45) is 0 Å². The molecule has 0 spiro atoms. The van der Waals surface area contributed by atoms with Crippen LogP contribution in [0.15, 0.2) is 39.5 Å². The van der Waals surface area contributed by atoms with E-state index in [1.165, 1.54) is 6.07 Å². The Morgan fingerprint density at radius 2 is 1.52 bits per heavy atom. The van der Waals surface area contributed by atoms with Crippen LogP contribution < -0.4 is 5.43 Å². The van der Waals surface area contributed by atoms with Crippen LogP contribution in [0.4, 0.5) is 0 Å². The second-order valence-corrected chi connectivity index (χ2v) is 4.65. The van der Waals surface area contributed by atoms with Crippen molar-refractivity contribution >= 4 is 62.4 Å². The first kappa shape index (κ1) is 17.6. The van der Waals surface area contributed by atoms with Crippen LogP contribution in [0, 0.1) is 0 Å². The molecule has 0 radical (unpaired) electrons. The molecule has 0 atom stereocenters. The minimum absolute atomic E-state index is 0. The zero-order valence-corrected chi connectivity index (χ0v) is 10.9. The molecule has 2 aromatic carbocycles. The van der Waals surface area contributed by atoms with Crippen molar-refractivity contribution in [2.45, 2.75) is 0 Å². The fraction of sp³-hybridized carbons (Fsp3) is 0. The molecule has 0 bridgehead atoms. The van der Waals surface area contributed by atoms with E-state index in [-0.39, 0.29) is 85.2 Å². The summed E-state index contributed by atoms with van der Waals surface area (Å²) in [5.74, 6) is -2.71. The van der Waals surface area contributed by atoms with Gasteiger partial charge in [-0.1, -0.05) is 0 Å². The Kier molecular flexibility index (Phi) is 4.92. The first-order valence-corrected chi connectivity index (χ1v) is 6.12. The molecule has 0 unspecified atom stereocenters. The first-order chi connectivity index (χ1) is 10.4. The molecule has 23 heavy (non-hydrogen) atoms. The first-order valence-electron chi connectivity index (χ1n) is 6.12. The van der Waals surface area contributed by atoms with E-state index in [0.717, 1.165) is 24.3 Å². The number of hydrogen-bond donors (Lipinski definition) is 5. The third kappa shape index (κ3) is 3.03. The van der Waals surface area contributed by atoms with E-state index in [1.54, 1.807) is 0 Å². The van der Waals surface area contributed by atoms with Crippen LogP contribution in [0.3, 0.4) is 0 Å². The van der Waals surface area contributed by atoms with Crippen molar-refractivity contribution in [3.8, 4) is 40.1 Å². The molecule has 5 N–H and O–H groups in total. The average molecular weight is 342 g/mol. The zero-order valence-electron chi connectivity index (χ0n) is 10.9. The zero-order chi connectivity index (χ0) is 16.0. The van der Waals surface area contributed by atoms with Crippen LogP contribution in [0.5, 0.6) is 28.7 Å². The summed E-state index contributed by atoms with van der Waals surface area (Å²) in [6.45, 7) is 0. The summed E-state index contributed by atoms with van der Waals surface area (Å²) in [6, 6.07) is 5.64.